The quantitative estimate of drug-likeness (QED) is 0.675. The second-order valence-electron chi connectivity index (χ2n) is 5.57. The third-order valence-electron chi connectivity index (χ3n) is 3.76. The minimum absolute atomic E-state index is 0.239. The number of rotatable bonds is 7. The Morgan fingerprint density at radius 1 is 1.12 bits per heavy atom. The van der Waals surface area contributed by atoms with Crippen molar-refractivity contribution in [3.63, 3.8) is 0 Å². The number of carbonyl (C=O) groups excluding carboxylic acids is 1. The number of benzene rings is 1. The summed E-state index contributed by atoms with van der Waals surface area (Å²) in [6, 6.07) is 11.2. The van der Waals surface area contributed by atoms with Gasteiger partial charge in [-0.1, -0.05) is 17.3 Å². The Labute approximate surface area is 151 Å². The van der Waals surface area contributed by atoms with E-state index >= 15 is 0 Å². The maximum Gasteiger partial charge on any atom is 0.315 e. The number of methoxy groups -OCH3 is 1. The molecule has 134 valence electrons. The first-order valence-electron chi connectivity index (χ1n) is 8.21. The third kappa shape index (κ3) is 4.79. The lowest BCUT2D eigenvalue weighted by atomic mass is 10.1. The fourth-order valence-electron chi connectivity index (χ4n) is 2.35. The highest BCUT2D eigenvalue weighted by molar-refractivity contribution is 5.73. The second-order valence-corrected chi connectivity index (χ2v) is 5.57. The Bertz CT molecular complexity index is 832. The van der Waals surface area contributed by atoms with Crippen LogP contribution in [0.4, 0.5) is 4.79 Å². The predicted octanol–water partition coefficient (Wildman–Crippen LogP) is 1.71. The van der Waals surface area contributed by atoms with Crippen molar-refractivity contribution in [2.45, 2.75) is 13.0 Å². The number of nitrogens with one attached hydrogen (secondary N) is 2. The zero-order valence-electron chi connectivity index (χ0n) is 14.4. The van der Waals surface area contributed by atoms with Gasteiger partial charge in [0.05, 0.1) is 25.5 Å². The summed E-state index contributed by atoms with van der Waals surface area (Å²) in [5.41, 5.74) is 2.67. The zero-order chi connectivity index (χ0) is 18.2. The number of carbonyl (C=O) groups is 1. The molecule has 2 heterocycles. The standard InChI is InChI=1S/C18H20N6O2/c1-26-17-4-2-14(3-5-17)6-11-20-18(25)21-12-15-13-24(23-22-15)16-7-9-19-10-8-16/h2-5,7-10,13H,6,11-12H2,1H3,(H2,20,21,25). The number of pyridine rings is 1. The SMILES string of the molecule is COc1ccc(CCNC(=O)NCc2cn(-c3ccncc3)nn2)cc1. The van der Waals surface area contributed by atoms with Crippen LogP contribution in [0.1, 0.15) is 11.3 Å². The first-order valence-corrected chi connectivity index (χ1v) is 8.21. The molecule has 8 nitrogen and oxygen atoms in total. The van der Waals surface area contributed by atoms with Gasteiger partial charge in [0.15, 0.2) is 0 Å². The predicted molar refractivity (Wildman–Crippen MR) is 96.1 cm³/mol. The summed E-state index contributed by atoms with van der Waals surface area (Å²) >= 11 is 0. The van der Waals surface area contributed by atoms with Gasteiger partial charge in [-0.3, -0.25) is 4.98 Å². The van der Waals surface area contributed by atoms with Crippen LogP contribution >= 0.6 is 0 Å². The summed E-state index contributed by atoms with van der Waals surface area (Å²) in [7, 11) is 1.64. The first kappa shape index (κ1) is 17.4. The normalized spacial score (nSPS) is 10.3. The van der Waals surface area contributed by atoms with Crippen LogP contribution in [0.3, 0.4) is 0 Å². The first-order chi connectivity index (χ1) is 12.7. The molecule has 1 aromatic carbocycles. The van der Waals surface area contributed by atoms with E-state index in [-0.39, 0.29) is 6.03 Å². The average Bonchev–Trinajstić information content (AvgIpc) is 3.17. The molecule has 0 unspecified atom stereocenters. The number of hydrogen-bond acceptors (Lipinski definition) is 5. The van der Waals surface area contributed by atoms with E-state index in [1.54, 1.807) is 30.4 Å². The van der Waals surface area contributed by atoms with Crippen LogP contribution in [-0.2, 0) is 13.0 Å². The Kier molecular flexibility index (Phi) is 5.76. The average molecular weight is 352 g/mol. The Hall–Kier alpha value is -3.42. The summed E-state index contributed by atoms with van der Waals surface area (Å²) in [5, 5.41) is 13.7. The second kappa shape index (κ2) is 8.61. The molecule has 0 saturated heterocycles. The summed E-state index contributed by atoms with van der Waals surface area (Å²) < 4.78 is 6.76. The fraction of sp³-hybridized carbons (Fsp3) is 0.222. The van der Waals surface area contributed by atoms with Gasteiger partial charge in [0.2, 0.25) is 0 Å². The van der Waals surface area contributed by atoms with Gasteiger partial charge in [-0.05, 0) is 36.2 Å². The zero-order valence-corrected chi connectivity index (χ0v) is 14.4. The van der Waals surface area contributed by atoms with E-state index in [9.17, 15) is 4.79 Å². The van der Waals surface area contributed by atoms with Gasteiger partial charge in [-0.25, -0.2) is 9.48 Å². The molecular formula is C18H20N6O2. The van der Waals surface area contributed by atoms with E-state index in [0.717, 1.165) is 23.4 Å². The molecule has 3 aromatic rings. The van der Waals surface area contributed by atoms with E-state index in [1.807, 2.05) is 36.4 Å². The van der Waals surface area contributed by atoms with Crippen LogP contribution in [0.2, 0.25) is 0 Å². The summed E-state index contributed by atoms with van der Waals surface area (Å²) in [6.07, 6.45) is 5.89. The Balaban J connectivity index is 1.40. The minimum atomic E-state index is -0.239. The molecular weight excluding hydrogens is 332 g/mol. The number of nitrogens with zero attached hydrogens (tertiary/aromatic N) is 4. The van der Waals surface area contributed by atoms with Crippen molar-refractivity contribution in [3.8, 4) is 11.4 Å². The molecule has 2 amide bonds. The molecule has 0 saturated carbocycles. The molecule has 0 radical (unpaired) electrons. The van der Waals surface area contributed by atoms with E-state index in [4.69, 9.17) is 4.74 Å². The lowest BCUT2D eigenvalue weighted by Crippen LogP contribution is -2.36. The largest absolute Gasteiger partial charge is 0.497 e. The van der Waals surface area contributed by atoms with Crippen LogP contribution in [0.25, 0.3) is 5.69 Å². The molecule has 0 spiro atoms. The van der Waals surface area contributed by atoms with Gasteiger partial charge >= 0.3 is 6.03 Å². The highest BCUT2D eigenvalue weighted by Crippen LogP contribution is 2.11. The summed E-state index contributed by atoms with van der Waals surface area (Å²) in [4.78, 5) is 15.8. The molecule has 8 heteroatoms. The van der Waals surface area contributed by atoms with Crippen molar-refractivity contribution >= 4 is 6.03 Å². The van der Waals surface area contributed by atoms with Gasteiger partial charge in [-0.2, -0.15) is 0 Å². The maximum absolute atomic E-state index is 11.9. The molecule has 3 rings (SSSR count). The maximum atomic E-state index is 11.9. The highest BCUT2D eigenvalue weighted by Gasteiger charge is 2.05. The number of hydrogen-bond donors (Lipinski definition) is 2. The molecule has 0 fully saturated rings. The molecule has 0 aliphatic heterocycles. The molecule has 0 atom stereocenters. The van der Waals surface area contributed by atoms with Crippen LogP contribution in [0.15, 0.2) is 55.0 Å². The summed E-state index contributed by atoms with van der Waals surface area (Å²) in [5.74, 6) is 0.819. The van der Waals surface area contributed by atoms with Gasteiger partial charge in [0, 0.05) is 18.9 Å². The topological polar surface area (TPSA) is 94.0 Å². The Morgan fingerprint density at radius 3 is 2.62 bits per heavy atom. The smallest absolute Gasteiger partial charge is 0.315 e. The van der Waals surface area contributed by atoms with E-state index in [1.165, 1.54) is 0 Å². The number of aromatic nitrogens is 4. The lowest BCUT2D eigenvalue weighted by Gasteiger charge is -2.07. The van der Waals surface area contributed by atoms with Crippen LogP contribution in [-0.4, -0.2) is 39.7 Å². The van der Waals surface area contributed by atoms with Crippen molar-refractivity contribution < 1.29 is 9.53 Å². The van der Waals surface area contributed by atoms with Crippen LogP contribution in [0, 0.1) is 0 Å². The third-order valence-corrected chi connectivity index (χ3v) is 3.76. The van der Waals surface area contributed by atoms with Crippen molar-refractivity contribution in [1.82, 2.24) is 30.6 Å². The van der Waals surface area contributed by atoms with Crippen molar-refractivity contribution in [3.05, 3.63) is 66.2 Å². The number of ether oxygens (including phenoxy) is 1. The Morgan fingerprint density at radius 2 is 1.88 bits per heavy atom. The van der Waals surface area contributed by atoms with Crippen molar-refractivity contribution in [2.75, 3.05) is 13.7 Å². The van der Waals surface area contributed by atoms with Crippen molar-refractivity contribution in [2.24, 2.45) is 0 Å². The monoisotopic (exact) mass is 352 g/mol. The highest BCUT2D eigenvalue weighted by atomic mass is 16.5. The van der Waals surface area contributed by atoms with Gasteiger partial charge in [0.1, 0.15) is 11.4 Å². The van der Waals surface area contributed by atoms with Crippen LogP contribution < -0.4 is 15.4 Å². The van der Waals surface area contributed by atoms with Crippen molar-refractivity contribution in [1.29, 1.82) is 0 Å². The van der Waals surface area contributed by atoms with Gasteiger partial charge in [-0.15, -0.1) is 5.10 Å². The molecule has 2 N–H and O–H groups in total. The number of urea groups is 1. The molecule has 0 aliphatic rings. The van der Waals surface area contributed by atoms with E-state index < -0.39 is 0 Å². The molecule has 0 bridgehead atoms. The summed E-state index contributed by atoms with van der Waals surface area (Å²) in [6.45, 7) is 0.849. The molecule has 0 aliphatic carbocycles. The van der Waals surface area contributed by atoms with E-state index in [0.29, 0.717) is 18.8 Å². The minimum Gasteiger partial charge on any atom is -0.497 e. The van der Waals surface area contributed by atoms with Crippen LogP contribution in [0.5, 0.6) is 5.75 Å². The van der Waals surface area contributed by atoms with E-state index in [2.05, 4.69) is 25.9 Å². The van der Waals surface area contributed by atoms with Gasteiger partial charge < -0.3 is 15.4 Å². The molecule has 2 aromatic heterocycles. The lowest BCUT2D eigenvalue weighted by molar-refractivity contribution is 0.240. The molecule has 26 heavy (non-hydrogen) atoms. The fourth-order valence-corrected chi connectivity index (χ4v) is 2.35. The van der Waals surface area contributed by atoms with Gasteiger partial charge in [0.25, 0.3) is 0 Å². The number of amides is 2.